The Bertz CT molecular complexity index is 404. The highest BCUT2D eigenvalue weighted by molar-refractivity contribution is 7.85. The molecule has 1 aromatic carbocycles. The molecular weight excluding hydrogens is 242 g/mol. The van der Waals surface area contributed by atoms with Crippen molar-refractivity contribution in [2.24, 2.45) is 0 Å². The van der Waals surface area contributed by atoms with Gasteiger partial charge >= 0.3 is 0 Å². The molecule has 0 unspecified atom stereocenters. The lowest BCUT2D eigenvalue weighted by molar-refractivity contribution is 0.473. The van der Waals surface area contributed by atoms with Gasteiger partial charge in [-0.1, -0.05) is 17.7 Å². The molecule has 0 fully saturated rings. The smallest absolute Gasteiger partial charge is 0.282 e. The van der Waals surface area contributed by atoms with Crippen LogP contribution >= 0.6 is 24.0 Å². The van der Waals surface area contributed by atoms with Crippen LogP contribution < -0.4 is 0 Å². The summed E-state index contributed by atoms with van der Waals surface area (Å²) >= 11 is 5.27. The topological polar surface area (TPSA) is 54.4 Å². The minimum atomic E-state index is -4.52. The van der Waals surface area contributed by atoms with Gasteiger partial charge in [-0.2, -0.15) is 8.42 Å². The molecule has 0 aliphatic rings. The van der Waals surface area contributed by atoms with Crippen LogP contribution in [0.25, 0.3) is 0 Å². The average molecular weight is 247 g/mol. The van der Waals surface area contributed by atoms with Crippen molar-refractivity contribution in [3.63, 3.8) is 0 Å². The first-order valence-corrected chi connectivity index (χ1v) is 4.66. The van der Waals surface area contributed by atoms with Crippen LogP contribution in [-0.2, 0) is 10.1 Å². The Balaban J connectivity index is 0.00000144. The summed E-state index contributed by atoms with van der Waals surface area (Å²) in [6, 6.07) is 3.34. The maximum atomic E-state index is 12.8. The highest BCUT2D eigenvalue weighted by atomic mass is 35.5. The molecule has 0 atom stereocenters. The standard InChI is InChI=1S/C6H4ClFO3S.ClH/c7-4-2-1-3-5(6(4)8)12(9,10)11;/h1-3H,(H,9,10,11);1H. The van der Waals surface area contributed by atoms with Crippen LogP contribution in [0.15, 0.2) is 23.1 Å². The Hall–Kier alpha value is -0.360. The molecule has 1 N–H and O–H groups in total. The number of hydrogen-bond donors (Lipinski definition) is 1. The summed E-state index contributed by atoms with van der Waals surface area (Å²) in [5.74, 6) is -1.14. The average Bonchev–Trinajstić information content (AvgIpc) is 1.92. The zero-order chi connectivity index (χ0) is 9.35. The van der Waals surface area contributed by atoms with Crippen LogP contribution in [0.5, 0.6) is 0 Å². The quantitative estimate of drug-likeness (QED) is 0.773. The lowest BCUT2D eigenvalue weighted by Gasteiger charge is -1.99. The lowest BCUT2D eigenvalue weighted by Crippen LogP contribution is -2.01. The van der Waals surface area contributed by atoms with Gasteiger partial charge in [-0.05, 0) is 12.1 Å². The zero-order valence-corrected chi connectivity index (χ0v) is 8.46. The van der Waals surface area contributed by atoms with Gasteiger partial charge in [0.05, 0.1) is 5.02 Å². The SMILES string of the molecule is Cl.O=S(=O)(O)c1cccc(Cl)c1F. The minimum absolute atomic E-state index is 0. The monoisotopic (exact) mass is 246 g/mol. The fourth-order valence-electron chi connectivity index (χ4n) is 0.683. The first-order valence-electron chi connectivity index (χ1n) is 2.84. The largest absolute Gasteiger partial charge is 0.297 e. The van der Waals surface area contributed by atoms with Crippen LogP contribution in [0.1, 0.15) is 0 Å². The van der Waals surface area contributed by atoms with Crippen molar-refractivity contribution < 1.29 is 17.4 Å². The van der Waals surface area contributed by atoms with Crippen LogP contribution in [0, 0.1) is 5.82 Å². The fraction of sp³-hybridized carbons (Fsp3) is 0. The maximum absolute atomic E-state index is 12.8. The van der Waals surface area contributed by atoms with E-state index in [2.05, 4.69) is 0 Å². The highest BCUT2D eigenvalue weighted by Gasteiger charge is 2.17. The Morgan fingerprint density at radius 1 is 1.38 bits per heavy atom. The summed E-state index contributed by atoms with van der Waals surface area (Å²) < 4.78 is 42.2. The van der Waals surface area contributed by atoms with E-state index in [1.165, 1.54) is 12.1 Å². The second-order valence-corrected chi connectivity index (χ2v) is 3.82. The molecule has 0 amide bonds. The van der Waals surface area contributed by atoms with Gasteiger partial charge in [0.1, 0.15) is 4.90 Å². The summed E-state index contributed by atoms with van der Waals surface area (Å²) in [6.07, 6.45) is 0. The van der Waals surface area contributed by atoms with Crippen molar-refractivity contribution in [1.29, 1.82) is 0 Å². The molecule has 1 aromatic rings. The molecule has 7 heteroatoms. The molecule has 0 radical (unpaired) electrons. The zero-order valence-electron chi connectivity index (χ0n) is 6.07. The summed E-state index contributed by atoms with van der Waals surface area (Å²) in [5, 5.41) is -0.342. The molecule has 1 rings (SSSR count). The molecule has 0 saturated heterocycles. The second-order valence-electron chi connectivity index (χ2n) is 2.03. The van der Waals surface area contributed by atoms with Crippen molar-refractivity contribution in [3.05, 3.63) is 29.0 Å². The van der Waals surface area contributed by atoms with Gasteiger partial charge in [-0.25, -0.2) is 4.39 Å². The first-order chi connectivity index (χ1) is 5.43. The van der Waals surface area contributed by atoms with Crippen molar-refractivity contribution in [1.82, 2.24) is 0 Å². The van der Waals surface area contributed by atoms with E-state index in [0.29, 0.717) is 0 Å². The van der Waals surface area contributed by atoms with Crippen molar-refractivity contribution in [3.8, 4) is 0 Å². The third kappa shape index (κ3) is 2.80. The third-order valence-electron chi connectivity index (χ3n) is 1.19. The Labute approximate surface area is 85.7 Å². The number of benzene rings is 1. The molecule has 74 valence electrons. The molecule has 0 spiro atoms. The van der Waals surface area contributed by atoms with E-state index < -0.39 is 20.8 Å². The minimum Gasteiger partial charge on any atom is -0.282 e. The van der Waals surface area contributed by atoms with E-state index in [0.717, 1.165) is 6.07 Å². The van der Waals surface area contributed by atoms with E-state index in [9.17, 15) is 12.8 Å². The summed E-state index contributed by atoms with van der Waals surface area (Å²) in [6.45, 7) is 0. The molecule has 0 aliphatic carbocycles. The summed E-state index contributed by atoms with van der Waals surface area (Å²) in [5.41, 5.74) is 0. The van der Waals surface area contributed by atoms with E-state index >= 15 is 0 Å². The fourth-order valence-corrected chi connectivity index (χ4v) is 1.50. The van der Waals surface area contributed by atoms with Crippen LogP contribution in [0.3, 0.4) is 0 Å². The molecule has 0 saturated carbocycles. The molecule has 0 heterocycles. The second kappa shape index (κ2) is 4.23. The summed E-state index contributed by atoms with van der Waals surface area (Å²) in [7, 11) is -4.52. The maximum Gasteiger partial charge on any atom is 0.297 e. The molecule has 0 aromatic heterocycles. The van der Waals surface area contributed by atoms with Gasteiger partial charge in [-0.3, -0.25) is 4.55 Å². The van der Waals surface area contributed by atoms with Gasteiger partial charge in [0.15, 0.2) is 5.82 Å². The molecule has 3 nitrogen and oxygen atoms in total. The number of rotatable bonds is 1. The predicted octanol–water partition coefficient (Wildman–Crippen LogP) is 2.15. The molecular formula is C6H5Cl2FO3S. The lowest BCUT2D eigenvalue weighted by atomic mass is 10.3. The Morgan fingerprint density at radius 2 is 1.92 bits per heavy atom. The van der Waals surface area contributed by atoms with Gasteiger partial charge in [0, 0.05) is 0 Å². The summed E-state index contributed by atoms with van der Waals surface area (Å²) in [4.78, 5) is -0.810. The van der Waals surface area contributed by atoms with Crippen molar-refractivity contribution >= 4 is 34.1 Å². The molecule has 0 aliphatic heterocycles. The van der Waals surface area contributed by atoms with Gasteiger partial charge in [0.2, 0.25) is 0 Å². The van der Waals surface area contributed by atoms with Crippen LogP contribution in [-0.4, -0.2) is 13.0 Å². The number of halogens is 3. The number of hydrogen-bond acceptors (Lipinski definition) is 2. The van der Waals surface area contributed by atoms with Crippen molar-refractivity contribution in [2.75, 3.05) is 0 Å². The van der Waals surface area contributed by atoms with Gasteiger partial charge in [-0.15, -0.1) is 12.4 Å². The van der Waals surface area contributed by atoms with Crippen LogP contribution in [0.2, 0.25) is 5.02 Å². The van der Waals surface area contributed by atoms with Gasteiger partial charge < -0.3 is 0 Å². The molecule has 13 heavy (non-hydrogen) atoms. The van der Waals surface area contributed by atoms with E-state index in [1.807, 2.05) is 0 Å². The first kappa shape index (κ1) is 12.6. The van der Waals surface area contributed by atoms with E-state index in [4.69, 9.17) is 16.2 Å². The van der Waals surface area contributed by atoms with Crippen molar-refractivity contribution in [2.45, 2.75) is 4.90 Å². The predicted molar refractivity (Wildman–Crippen MR) is 48.5 cm³/mol. The van der Waals surface area contributed by atoms with Gasteiger partial charge in [0.25, 0.3) is 10.1 Å². The third-order valence-corrected chi connectivity index (χ3v) is 2.36. The normalized spacial score (nSPS) is 10.7. The van der Waals surface area contributed by atoms with Crippen LogP contribution in [0.4, 0.5) is 4.39 Å². The molecule has 0 bridgehead atoms. The van der Waals surface area contributed by atoms with E-state index in [1.54, 1.807) is 0 Å². The Morgan fingerprint density at radius 3 is 2.31 bits per heavy atom. The Kier molecular flexibility index (Phi) is 4.12. The highest BCUT2D eigenvalue weighted by Crippen LogP contribution is 2.21. The van der Waals surface area contributed by atoms with E-state index in [-0.39, 0.29) is 17.4 Å².